The van der Waals surface area contributed by atoms with Gasteiger partial charge >= 0.3 is 17.9 Å². The van der Waals surface area contributed by atoms with Crippen molar-refractivity contribution < 1.29 is 28.6 Å². The van der Waals surface area contributed by atoms with Crippen LogP contribution in [0.2, 0.25) is 0 Å². The lowest BCUT2D eigenvalue weighted by Crippen LogP contribution is -2.41. The van der Waals surface area contributed by atoms with Gasteiger partial charge < -0.3 is 14.2 Å². The highest BCUT2D eigenvalue weighted by Crippen LogP contribution is 2.36. The van der Waals surface area contributed by atoms with Gasteiger partial charge in [0.05, 0.1) is 12.1 Å². The topological polar surface area (TPSA) is 139 Å². The fourth-order valence-corrected chi connectivity index (χ4v) is 10.7. The third-order valence-corrected chi connectivity index (χ3v) is 13.5. The summed E-state index contributed by atoms with van der Waals surface area (Å²) in [6.45, 7) is 8.12. The minimum Gasteiger partial charge on any atom is -0.464 e. The lowest BCUT2D eigenvalue weighted by atomic mass is 9.93. The average molecular weight is 794 g/mol. The summed E-state index contributed by atoms with van der Waals surface area (Å²) in [5.74, 6) is 0.0972. The Morgan fingerprint density at radius 2 is 1.36 bits per heavy atom. The van der Waals surface area contributed by atoms with E-state index in [0.717, 1.165) is 16.5 Å². The number of rotatable bonds is 20. The van der Waals surface area contributed by atoms with Crippen LogP contribution in [0.5, 0.6) is 0 Å². The minimum atomic E-state index is -1.50. The van der Waals surface area contributed by atoms with Crippen molar-refractivity contribution in [3.05, 3.63) is 24.4 Å². The van der Waals surface area contributed by atoms with Crippen molar-refractivity contribution in [1.29, 1.82) is 10.5 Å². The van der Waals surface area contributed by atoms with E-state index in [9.17, 15) is 24.9 Å². The normalized spacial score (nSPS) is 14.6. The zero-order valence-electron chi connectivity index (χ0n) is 26.9. The monoisotopic (exact) mass is 793 g/mol. The molecule has 0 amide bonds. The zero-order chi connectivity index (χ0) is 35.3. The minimum absolute atomic E-state index is 0.0711. The smallest absolute Gasteiger partial charge is 0.318 e. The van der Waals surface area contributed by atoms with E-state index >= 15 is 0 Å². The molecule has 0 fully saturated rings. The van der Waals surface area contributed by atoms with Crippen LogP contribution in [0.15, 0.2) is 29.4 Å². The Morgan fingerprint density at radius 3 is 1.79 bits per heavy atom. The van der Waals surface area contributed by atoms with Gasteiger partial charge in [0, 0.05) is 24.8 Å². The summed E-state index contributed by atoms with van der Waals surface area (Å²) in [4.78, 5) is 43.0. The maximum absolute atomic E-state index is 13.3. The number of hydrogen-bond donors (Lipinski definition) is 0. The SMILES string of the molecule is CCSC(=S)SC(C)(C#N)CCC(=O)OCC(C)(COC(=O)CCC(C)(C#N)SC(=S)SCC)C(=O)OCCSSc1ccccn1. The number of pyridine rings is 1. The molecule has 0 spiro atoms. The van der Waals surface area contributed by atoms with E-state index in [1.807, 2.05) is 32.0 Å². The fraction of sp³-hybridized carbons (Fsp3) is 0.600. The maximum Gasteiger partial charge on any atom is 0.318 e. The predicted molar refractivity (Wildman–Crippen MR) is 207 cm³/mol. The van der Waals surface area contributed by atoms with Gasteiger partial charge in [-0.3, -0.25) is 14.4 Å². The number of thiocarbonyl (C=S) groups is 2. The third-order valence-electron chi connectivity index (χ3n) is 6.01. The Morgan fingerprint density at radius 1 is 0.851 bits per heavy atom. The van der Waals surface area contributed by atoms with E-state index in [2.05, 4.69) is 17.1 Å². The van der Waals surface area contributed by atoms with Gasteiger partial charge in [0.2, 0.25) is 0 Å². The van der Waals surface area contributed by atoms with Crippen molar-refractivity contribution in [2.45, 2.75) is 74.8 Å². The predicted octanol–water partition coefficient (Wildman–Crippen LogP) is 8.13. The summed E-state index contributed by atoms with van der Waals surface area (Å²) in [6.07, 6.45) is 1.91. The zero-order valence-corrected chi connectivity index (χ0v) is 33.5. The molecule has 0 saturated carbocycles. The molecule has 0 aromatic carbocycles. The molecule has 0 saturated heterocycles. The molecule has 0 radical (unpaired) electrons. The highest BCUT2D eigenvalue weighted by Gasteiger charge is 2.39. The number of esters is 3. The van der Waals surface area contributed by atoms with Crippen molar-refractivity contribution in [2.24, 2.45) is 5.41 Å². The second kappa shape index (κ2) is 23.3. The van der Waals surface area contributed by atoms with Crippen molar-refractivity contribution >= 4 is 118 Å². The molecule has 1 aromatic heterocycles. The number of ether oxygens (including phenoxy) is 3. The highest BCUT2D eigenvalue weighted by atomic mass is 33.1. The molecule has 2 atom stereocenters. The molecule has 0 aliphatic heterocycles. The maximum atomic E-state index is 13.3. The average Bonchev–Trinajstić information content (AvgIpc) is 3.05. The van der Waals surface area contributed by atoms with Crippen LogP contribution in [0.4, 0.5) is 0 Å². The first-order valence-corrected chi connectivity index (χ1v) is 21.2. The molecule has 258 valence electrons. The van der Waals surface area contributed by atoms with Crippen LogP contribution in [0.3, 0.4) is 0 Å². The number of hydrogen-bond acceptors (Lipinski definition) is 17. The summed E-state index contributed by atoms with van der Waals surface area (Å²) in [7, 11) is 2.91. The molecule has 17 heteroatoms. The van der Waals surface area contributed by atoms with E-state index in [-0.39, 0.29) is 32.3 Å². The molecule has 0 N–H and O–H groups in total. The van der Waals surface area contributed by atoms with Crippen LogP contribution in [0.25, 0.3) is 0 Å². The second-order valence-electron chi connectivity index (χ2n) is 10.3. The van der Waals surface area contributed by atoms with Gasteiger partial charge in [-0.05, 0) is 68.0 Å². The van der Waals surface area contributed by atoms with Gasteiger partial charge in [-0.1, -0.05) is 78.7 Å². The molecule has 1 heterocycles. The van der Waals surface area contributed by atoms with Crippen molar-refractivity contribution in [1.82, 2.24) is 4.98 Å². The van der Waals surface area contributed by atoms with Crippen molar-refractivity contribution in [3.8, 4) is 12.1 Å². The first-order valence-electron chi connectivity index (χ1n) is 14.5. The number of aromatic nitrogens is 1. The largest absolute Gasteiger partial charge is 0.464 e. The van der Waals surface area contributed by atoms with Crippen LogP contribution >= 0.6 is 93.1 Å². The molecule has 9 nitrogen and oxygen atoms in total. The molecule has 0 bridgehead atoms. The van der Waals surface area contributed by atoms with Crippen LogP contribution < -0.4 is 0 Å². The molecule has 1 rings (SSSR count). The second-order valence-corrected chi connectivity index (χ2v) is 20.7. The van der Waals surface area contributed by atoms with E-state index in [1.165, 1.54) is 75.6 Å². The number of thioether (sulfide) groups is 4. The van der Waals surface area contributed by atoms with Gasteiger partial charge in [0.1, 0.15) is 46.8 Å². The van der Waals surface area contributed by atoms with Gasteiger partial charge in [0.15, 0.2) is 0 Å². The Hall–Kier alpha value is -1.18. The van der Waals surface area contributed by atoms with Crippen LogP contribution in [-0.4, -0.2) is 76.5 Å². The van der Waals surface area contributed by atoms with E-state index in [4.69, 9.17) is 38.6 Å². The van der Waals surface area contributed by atoms with Crippen LogP contribution in [-0.2, 0) is 28.6 Å². The number of carbonyl (C=O) groups excluding carboxylic acids is 3. The first kappa shape index (κ1) is 43.8. The summed E-state index contributed by atoms with van der Waals surface area (Å²) in [5, 5.41) is 20.2. The highest BCUT2D eigenvalue weighted by molar-refractivity contribution is 8.76. The quantitative estimate of drug-likeness (QED) is 0.0412. The van der Waals surface area contributed by atoms with Gasteiger partial charge in [-0.15, -0.1) is 23.5 Å². The molecular weight excluding hydrogens is 755 g/mol. The first-order chi connectivity index (χ1) is 22.2. The lowest BCUT2D eigenvalue weighted by molar-refractivity contribution is -0.169. The van der Waals surface area contributed by atoms with E-state index in [0.29, 0.717) is 12.8 Å². The Kier molecular flexibility index (Phi) is 21.7. The molecule has 0 aliphatic rings. The Balaban J connectivity index is 2.83. The fourth-order valence-electron chi connectivity index (χ4n) is 3.23. The standard InChI is InChI=1S/C30H39N3O6S8/c1-6-42-26(40)45-29(4,18-31)13-11-23(34)38-20-28(3,25(36)37-16-17-44-47-22-10-8-9-15-33-22)21-39-24(35)12-14-30(5,19-32)46-27(41)43-7-2/h8-10,15H,6-7,11-14,16-17,20-21H2,1-5H3. The number of nitriles is 2. The lowest BCUT2D eigenvalue weighted by Gasteiger charge is -2.27. The van der Waals surface area contributed by atoms with Crippen LogP contribution in [0.1, 0.15) is 60.3 Å². The molecular formula is C30H39N3O6S8. The molecule has 0 aliphatic carbocycles. The third kappa shape index (κ3) is 18.4. The summed E-state index contributed by atoms with van der Waals surface area (Å²) in [5.41, 5.74) is -1.50. The molecule has 1 aromatic rings. The Bertz CT molecular complexity index is 1230. The van der Waals surface area contributed by atoms with Crippen molar-refractivity contribution in [3.63, 3.8) is 0 Å². The van der Waals surface area contributed by atoms with E-state index in [1.54, 1.807) is 20.0 Å². The van der Waals surface area contributed by atoms with Gasteiger partial charge in [-0.25, -0.2) is 4.98 Å². The van der Waals surface area contributed by atoms with Crippen molar-refractivity contribution in [2.75, 3.05) is 37.1 Å². The van der Waals surface area contributed by atoms with E-state index < -0.39 is 46.0 Å². The Labute approximate surface area is 313 Å². The summed E-state index contributed by atoms with van der Waals surface area (Å²) < 4.78 is 15.8. The number of nitrogens with zero attached hydrogens (tertiary/aromatic N) is 3. The molecule has 2 unspecified atom stereocenters. The molecule has 47 heavy (non-hydrogen) atoms. The van der Waals surface area contributed by atoms with Gasteiger partial charge in [0.25, 0.3) is 0 Å². The number of carbonyl (C=O) groups is 3. The van der Waals surface area contributed by atoms with Crippen LogP contribution in [0, 0.1) is 28.1 Å². The summed E-state index contributed by atoms with van der Waals surface area (Å²) >= 11 is 16.0. The summed E-state index contributed by atoms with van der Waals surface area (Å²) in [6, 6.07) is 10.0. The van der Waals surface area contributed by atoms with Gasteiger partial charge in [-0.2, -0.15) is 10.5 Å².